The van der Waals surface area contributed by atoms with E-state index in [1.165, 1.54) is 21.1 Å². The van der Waals surface area contributed by atoms with Crippen molar-refractivity contribution in [3.63, 3.8) is 0 Å². The minimum Gasteiger partial charge on any atom is -0.466 e. The van der Waals surface area contributed by atoms with Crippen LogP contribution in [0.5, 0.6) is 0 Å². The maximum absolute atomic E-state index is 13.1. The zero-order valence-electron chi connectivity index (χ0n) is 14.8. The van der Waals surface area contributed by atoms with Gasteiger partial charge in [0, 0.05) is 18.3 Å². The lowest BCUT2D eigenvalue weighted by Gasteiger charge is -2.39. The van der Waals surface area contributed by atoms with Gasteiger partial charge in [0.1, 0.15) is 22.7 Å². The second-order valence-electron chi connectivity index (χ2n) is 5.89. The van der Waals surface area contributed by atoms with Gasteiger partial charge in [0.2, 0.25) is 0 Å². The normalized spacial score (nSPS) is 21.7. The van der Waals surface area contributed by atoms with Crippen LogP contribution < -0.4 is 10.6 Å². The van der Waals surface area contributed by atoms with Crippen LogP contribution in [0.1, 0.15) is 12.5 Å². The highest BCUT2D eigenvalue weighted by Gasteiger charge is 2.63. The van der Waals surface area contributed by atoms with Crippen molar-refractivity contribution in [2.45, 2.75) is 12.3 Å². The number of fused-ring (bicyclic) bond motifs is 2. The van der Waals surface area contributed by atoms with Crippen molar-refractivity contribution in [1.29, 1.82) is 0 Å². The summed E-state index contributed by atoms with van der Waals surface area (Å²) in [5.74, 6) is -2.39. The zero-order valence-corrected chi connectivity index (χ0v) is 14.8. The van der Waals surface area contributed by atoms with Crippen LogP contribution >= 0.6 is 0 Å². The Balaban J connectivity index is 2.49. The summed E-state index contributed by atoms with van der Waals surface area (Å²) in [6.07, 6.45) is 0. The van der Waals surface area contributed by atoms with Crippen molar-refractivity contribution >= 4 is 23.6 Å². The number of rotatable bonds is 2. The van der Waals surface area contributed by atoms with Gasteiger partial charge in [-0.3, -0.25) is 0 Å². The molecule has 1 spiro atoms. The first kappa shape index (κ1) is 17.5. The molecule has 1 atom stereocenters. The SMILES string of the molecule is COC(=O)C1=C(C)OC(=O)[C@]12C(C(=O)OC)=C(N)N(C)c1ccccc12. The Morgan fingerprint density at radius 2 is 1.69 bits per heavy atom. The van der Waals surface area contributed by atoms with E-state index < -0.39 is 23.3 Å². The van der Waals surface area contributed by atoms with Gasteiger partial charge in [-0.15, -0.1) is 0 Å². The molecule has 8 heteroatoms. The predicted molar refractivity (Wildman–Crippen MR) is 90.6 cm³/mol. The molecule has 0 unspecified atom stereocenters. The van der Waals surface area contributed by atoms with Gasteiger partial charge in [-0.2, -0.15) is 0 Å². The van der Waals surface area contributed by atoms with Crippen molar-refractivity contribution in [1.82, 2.24) is 0 Å². The molecule has 0 radical (unpaired) electrons. The molecular formula is C18H18N2O6. The Morgan fingerprint density at radius 1 is 1.12 bits per heavy atom. The van der Waals surface area contributed by atoms with Crippen LogP contribution in [0, 0.1) is 0 Å². The molecule has 0 bridgehead atoms. The summed E-state index contributed by atoms with van der Waals surface area (Å²) in [5.41, 5.74) is 5.04. The number of ether oxygens (including phenoxy) is 3. The first-order valence-electron chi connectivity index (χ1n) is 7.76. The Labute approximate surface area is 149 Å². The van der Waals surface area contributed by atoms with Gasteiger partial charge >= 0.3 is 17.9 Å². The largest absolute Gasteiger partial charge is 0.466 e. The summed E-state index contributed by atoms with van der Waals surface area (Å²) in [7, 11) is 4.01. The molecular weight excluding hydrogens is 340 g/mol. The molecule has 3 rings (SSSR count). The summed E-state index contributed by atoms with van der Waals surface area (Å²) in [4.78, 5) is 39.8. The number of nitrogens with two attached hydrogens (primary N) is 1. The molecule has 0 aromatic heterocycles. The van der Waals surface area contributed by atoms with Gasteiger partial charge in [-0.1, -0.05) is 18.2 Å². The lowest BCUT2D eigenvalue weighted by molar-refractivity contribution is -0.146. The van der Waals surface area contributed by atoms with E-state index in [2.05, 4.69) is 0 Å². The van der Waals surface area contributed by atoms with Crippen LogP contribution in [0.3, 0.4) is 0 Å². The van der Waals surface area contributed by atoms with E-state index in [9.17, 15) is 14.4 Å². The van der Waals surface area contributed by atoms with Crippen molar-refractivity contribution < 1.29 is 28.6 Å². The fourth-order valence-electron chi connectivity index (χ4n) is 3.57. The topological polar surface area (TPSA) is 108 Å². The van der Waals surface area contributed by atoms with Crippen LogP contribution in [-0.4, -0.2) is 39.2 Å². The zero-order chi connectivity index (χ0) is 19.2. The summed E-state index contributed by atoms with van der Waals surface area (Å²) in [6, 6.07) is 6.83. The molecule has 8 nitrogen and oxygen atoms in total. The first-order chi connectivity index (χ1) is 12.3. The van der Waals surface area contributed by atoms with E-state index in [1.54, 1.807) is 36.2 Å². The molecule has 26 heavy (non-hydrogen) atoms. The van der Waals surface area contributed by atoms with Crippen LogP contribution in [0.2, 0.25) is 0 Å². The fourth-order valence-corrected chi connectivity index (χ4v) is 3.57. The summed E-state index contributed by atoms with van der Waals surface area (Å²) >= 11 is 0. The maximum Gasteiger partial charge on any atom is 0.339 e. The number of methoxy groups -OCH3 is 2. The molecule has 0 saturated heterocycles. The molecule has 1 aromatic rings. The van der Waals surface area contributed by atoms with Gasteiger partial charge in [0.05, 0.1) is 14.2 Å². The molecule has 0 fully saturated rings. The van der Waals surface area contributed by atoms with Crippen LogP contribution in [-0.2, 0) is 34.0 Å². The Bertz CT molecular complexity index is 901. The highest BCUT2D eigenvalue weighted by atomic mass is 16.6. The van der Waals surface area contributed by atoms with Crippen molar-refractivity contribution in [3.05, 3.63) is 52.6 Å². The van der Waals surface area contributed by atoms with E-state index >= 15 is 0 Å². The molecule has 136 valence electrons. The molecule has 2 aliphatic heterocycles. The van der Waals surface area contributed by atoms with Crippen molar-refractivity contribution in [2.75, 3.05) is 26.2 Å². The third kappa shape index (κ3) is 1.98. The second kappa shape index (κ2) is 5.91. The number of hydrogen-bond donors (Lipinski definition) is 1. The molecule has 0 saturated carbocycles. The number of cyclic esters (lactones) is 1. The quantitative estimate of drug-likeness (QED) is 0.609. The predicted octanol–water partition coefficient (Wildman–Crippen LogP) is 0.721. The number of carbonyl (C=O) groups is 3. The number of para-hydroxylation sites is 1. The number of allylic oxidation sites excluding steroid dienone is 1. The summed E-state index contributed by atoms with van der Waals surface area (Å²) in [5, 5.41) is 0. The number of carbonyl (C=O) groups excluding carboxylic acids is 3. The van der Waals surface area contributed by atoms with Gasteiger partial charge < -0.3 is 24.8 Å². The lowest BCUT2D eigenvalue weighted by Crippen LogP contribution is -2.49. The molecule has 2 heterocycles. The lowest BCUT2D eigenvalue weighted by atomic mass is 9.66. The van der Waals surface area contributed by atoms with Gasteiger partial charge in [0.15, 0.2) is 5.41 Å². The van der Waals surface area contributed by atoms with Gasteiger partial charge in [0.25, 0.3) is 0 Å². The second-order valence-corrected chi connectivity index (χ2v) is 5.89. The number of nitrogens with zero attached hydrogens (tertiary/aromatic N) is 1. The van der Waals surface area contributed by atoms with E-state index in [-0.39, 0.29) is 22.7 Å². The minimum absolute atomic E-state index is 0.0106. The van der Waals surface area contributed by atoms with Crippen LogP contribution in [0.15, 0.2) is 47.0 Å². The molecule has 0 aliphatic carbocycles. The first-order valence-corrected chi connectivity index (χ1v) is 7.76. The third-order valence-electron chi connectivity index (χ3n) is 4.72. The fraction of sp³-hybridized carbons (Fsp3) is 0.278. The van der Waals surface area contributed by atoms with Crippen LogP contribution in [0.4, 0.5) is 5.69 Å². The number of anilines is 1. The maximum atomic E-state index is 13.1. The molecule has 2 N–H and O–H groups in total. The Hall–Kier alpha value is -3.29. The van der Waals surface area contributed by atoms with E-state index in [0.29, 0.717) is 11.3 Å². The highest BCUT2D eigenvalue weighted by Crippen LogP contribution is 2.53. The number of benzene rings is 1. The van der Waals surface area contributed by atoms with Crippen molar-refractivity contribution in [2.24, 2.45) is 5.73 Å². The smallest absolute Gasteiger partial charge is 0.339 e. The minimum atomic E-state index is -1.85. The third-order valence-corrected chi connectivity index (χ3v) is 4.72. The van der Waals surface area contributed by atoms with Gasteiger partial charge in [-0.05, 0) is 13.0 Å². The molecule has 2 aliphatic rings. The molecule has 1 aromatic carbocycles. The monoisotopic (exact) mass is 358 g/mol. The van der Waals surface area contributed by atoms with Gasteiger partial charge in [-0.25, -0.2) is 14.4 Å². The standard InChI is InChI=1S/C18H18N2O6/c1-9-12(15(21)24-3)18(17(23)26-9)10-7-5-6-8-11(10)20(2)14(19)13(18)16(22)25-4/h5-8H,19H2,1-4H3/t18-/m0/s1. The average Bonchev–Trinajstić information content (AvgIpc) is 2.90. The van der Waals surface area contributed by atoms with Crippen LogP contribution in [0.25, 0.3) is 0 Å². The average molecular weight is 358 g/mol. The Morgan fingerprint density at radius 3 is 2.31 bits per heavy atom. The number of esters is 3. The summed E-state index contributed by atoms with van der Waals surface area (Å²) in [6.45, 7) is 1.46. The molecule has 0 amide bonds. The van der Waals surface area contributed by atoms with E-state index in [4.69, 9.17) is 19.9 Å². The number of hydrogen-bond acceptors (Lipinski definition) is 8. The van der Waals surface area contributed by atoms with E-state index in [1.807, 2.05) is 0 Å². The van der Waals surface area contributed by atoms with Crippen molar-refractivity contribution in [3.8, 4) is 0 Å². The Kier molecular flexibility index (Phi) is 3.98. The van der Waals surface area contributed by atoms with E-state index in [0.717, 1.165) is 0 Å². The highest BCUT2D eigenvalue weighted by molar-refractivity contribution is 6.16. The summed E-state index contributed by atoms with van der Waals surface area (Å²) < 4.78 is 15.0.